The Balaban J connectivity index is 1.48. The summed E-state index contributed by atoms with van der Waals surface area (Å²) in [5, 5.41) is 3.82. The van der Waals surface area contributed by atoms with Gasteiger partial charge in [0.1, 0.15) is 0 Å². The van der Waals surface area contributed by atoms with Crippen LogP contribution in [-0.4, -0.2) is 36.6 Å². The van der Waals surface area contributed by atoms with E-state index in [1.807, 2.05) is 0 Å². The summed E-state index contributed by atoms with van der Waals surface area (Å²) in [6.07, 6.45) is 10.1. The number of hydrogen-bond acceptors (Lipinski definition) is 2. The Labute approximate surface area is 132 Å². The molecule has 0 bridgehead atoms. The van der Waals surface area contributed by atoms with E-state index in [4.69, 9.17) is 0 Å². The van der Waals surface area contributed by atoms with Crippen LogP contribution in [0.5, 0.6) is 0 Å². The van der Waals surface area contributed by atoms with Gasteiger partial charge in [0.2, 0.25) is 0 Å². The molecule has 0 radical (unpaired) electrons. The van der Waals surface area contributed by atoms with Crippen molar-refractivity contribution in [3.63, 3.8) is 0 Å². The van der Waals surface area contributed by atoms with Gasteiger partial charge in [-0.1, -0.05) is 27.2 Å². The van der Waals surface area contributed by atoms with E-state index in [1.54, 1.807) is 0 Å². The molecule has 2 heteroatoms. The summed E-state index contributed by atoms with van der Waals surface area (Å²) in [7, 11) is 0. The number of rotatable bonds is 5. The second-order valence-corrected chi connectivity index (χ2v) is 8.56. The van der Waals surface area contributed by atoms with Gasteiger partial charge < -0.3 is 5.32 Å². The first-order valence-electron chi connectivity index (χ1n) is 9.61. The summed E-state index contributed by atoms with van der Waals surface area (Å²) in [4.78, 5) is 2.86. The molecule has 0 spiro atoms. The molecule has 1 aliphatic heterocycles. The van der Waals surface area contributed by atoms with Crippen molar-refractivity contribution in [2.45, 2.75) is 77.8 Å². The number of hydrogen-bond donors (Lipinski definition) is 1. The van der Waals surface area contributed by atoms with Crippen molar-refractivity contribution in [2.75, 3.05) is 19.6 Å². The second kappa shape index (κ2) is 7.00. The van der Waals surface area contributed by atoms with Gasteiger partial charge in [0.25, 0.3) is 0 Å². The van der Waals surface area contributed by atoms with E-state index in [1.165, 1.54) is 64.6 Å². The minimum absolute atomic E-state index is 0.806. The van der Waals surface area contributed by atoms with Crippen LogP contribution in [0.4, 0.5) is 0 Å². The standard InChI is InChI=1S/C19H36N2/c1-14(2)18-7-4-15(3)12-19(18)21-10-8-17(9-11-21)20-13-16-5-6-16/h14-20H,4-13H2,1-3H3. The van der Waals surface area contributed by atoms with Gasteiger partial charge in [0.15, 0.2) is 0 Å². The molecule has 0 aromatic heterocycles. The maximum Gasteiger partial charge on any atom is 0.0128 e. The van der Waals surface area contributed by atoms with Gasteiger partial charge in [-0.3, -0.25) is 4.90 Å². The summed E-state index contributed by atoms with van der Waals surface area (Å²) >= 11 is 0. The van der Waals surface area contributed by atoms with Gasteiger partial charge in [-0.25, -0.2) is 0 Å². The van der Waals surface area contributed by atoms with E-state index in [2.05, 4.69) is 31.0 Å². The van der Waals surface area contributed by atoms with Crippen molar-refractivity contribution in [3.8, 4) is 0 Å². The highest BCUT2D eigenvalue weighted by atomic mass is 15.2. The Bertz CT molecular complexity index is 316. The molecule has 3 atom stereocenters. The fraction of sp³-hybridized carbons (Fsp3) is 1.00. The normalized spacial score (nSPS) is 36.3. The lowest BCUT2D eigenvalue weighted by Crippen LogP contribution is -2.51. The van der Waals surface area contributed by atoms with Crippen LogP contribution in [0, 0.1) is 23.7 Å². The van der Waals surface area contributed by atoms with Crippen molar-refractivity contribution in [2.24, 2.45) is 23.7 Å². The molecule has 3 rings (SSSR count). The van der Waals surface area contributed by atoms with Crippen LogP contribution in [0.1, 0.15) is 65.7 Å². The molecule has 21 heavy (non-hydrogen) atoms. The van der Waals surface area contributed by atoms with Gasteiger partial charge in [-0.15, -0.1) is 0 Å². The maximum absolute atomic E-state index is 3.82. The summed E-state index contributed by atoms with van der Waals surface area (Å²) in [6.45, 7) is 11.3. The lowest BCUT2D eigenvalue weighted by atomic mass is 9.73. The van der Waals surface area contributed by atoms with Gasteiger partial charge in [0.05, 0.1) is 0 Å². The van der Waals surface area contributed by atoms with E-state index in [0.29, 0.717) is 0 Å². The molecule has 3 unspecified atom stereocenters. The molecule has 1 saturated heterocycles. The Morgan fingerprint density at radius 3 is 2.33 bits per heavy atom. The SMILES string of the molecule is CC1CCC(C(C)C)C(N2CCC(NCC3CC3)CC2)C1. The number of piperidine rings is 1. The first kappa shape index (κ1) is 15.8. The number of nitrogens with one attached hydrogen (secondary N) is 1. The van der Waals surface area contributed by atoms with E-state index in [-0.39, 0.29) is 0 Å². The third kappa shape index (κ3) is 4.22. The van der Waals surface area contributed by atoms with Crippen molar-refractivity contribution < 1.29 is 0 Å². The van der Waals surface area contributed by atoms with Crippen molar-refractivity contribution in [3.05, 3.63) is 0 Å². The Hall–Kier alpha value is -0.0800. The quantitative estimate of drug-likeness (QED) is 0.826. The van der Waals surface area contributed by atoms with E-state index in [9.17, 15) is 0 Å². The Morgan fingerprint density at radius 2 is 1.71 bits per heavy atom. The highest BCUT2D eigenvalue weighted by Crippen LogP contribution is 2.37. The Kier molecular flexibility index (Phi) is 5.27. The Morgan fingerprint density at radius 1 is 1.00 bits per heavy atom. The smallest absolute Gasteiger partial charge is 0.0128 e. The highest BCUT2D eigenvalue weighted by molar-refractivity contribution is 4.90. The monoisotopic (exact) mass is 292 g/mol. The summed E-state index contributed by atoms with van der Waals surface area (Å²) in [5.41, 5.74) is 0. The van der Waals surface area contributed by atoms with Crippen LogP contribution in [0.3, 0.4) is 0 Å². The fourth-order valence-electron chi connectivity index (χ4n) is 4.66. The number of likely N-dealkylation sites (tertiary alicyclic amines) is 1. The highest BCUT2D eigenvalue weighted by Gasteiger charge is 2.36. The van der Waals surface area contributed by atoms with Gasteiger partial charge >= 0.3 is 0 Å². The van der Waals surface area contributed by atoms with Crippen LogP contribution in [-0.2, 0) is 0 Å². The zero-order chi connectivity index (χ0) is 14.8. The zero-order valence-electron chi connectivity index (χ0n) is 14.5. The molecule has 0 aromatic carbocycles. The number of nitrogens with zero attached hydrogens (tertiary/aromatic N) is 1. The first-order chi connectivity index (χ1) is 10.1. The van der Waals surface area contributed by atoms with E-state index in [0.717, 1.165) is 35.8 Å². The molecule has 1 heterocycles. The van der Waals surface area contributed by atoms with Crippen molar-refractivity contribution in [1.29, 1.82) is 0 Å². The minimum Gasteiger partial charge on any atom is -0.314 e. The van der Waals surface area contributed by atoms with Gasteiger partial charge in [0, 0.05) is 12.1 Å². The third-order valence-electron chi connectivity index (χ3n) is 6.38. The molecule has 2 aliphatic carbocycles. The molecular formula is C19H36N2. The molecule has 0 amide bonds. The van der Waals surface area contributed by atoms with Crippen LogP contribution < -0.4 is 5.32 Å². The first-order valence-corrected chi connectivity index (χ1v) is 9.61. The molecule has 3 aliphatic rings. The fourth-order valence-corrected chi connectivity index (χ4v) is 4.66. The minimum atomic E-state index is 0.806. The maximum atomic E-state index is 3.82. The lowest BCUT2D eigenvalue weighted by Gasteiger charge is -2.46. The predicted molar refractivity (Wildman–Crippen MR) is 90.5 cm³/mol. The molecule has 3 fully saturated rings. The van der Waals surface area contributed by atoms with Crippen molar-refractivity contribution >= 4 is 0 Å². The van der Waals surface area contributed by atoms with Gasteiger partial charge in [-0.05, 0) is 81.8 Å². The lowest BCUT2D eigenvalue weighted by molar-refractivity contribution is 0.0397. The average molecular weight is 293 g/mol. The molecule has 1 N–H and O–H groups in total. The summed E-state index contributed by atoms with van der Waals surface area (Å²) in [6, 6.07) is 1.68. The van der Waals surface area contributed by atoms with E-state index >= 15 is 0 Å². The van der Waals surface area contributed by atoms with Crippen LogP contribution >= 0.6 is 0 Å². The third-order valence-corrected chi connectivity index (χ3v) is 6.38. The second-order valence-electron chi connectivity index (χ2n) is 8.56. The van der Waals surface area contributed by atoms with Gasteiger partial charge in [-0.2, -0.15) is 0 Å². The summed E-state index contributed by atoms with van der Waals surface area (Å²) in [5.74, 6) is 3.76. The topological polar surface area (TPSA) is 15.3 Å². The molecule has 122 valence electrons. The van der Waals surface area contributed by atoms with Crippen LogP contribution in [0.2, 0.25) is 0 Å². The molecule has 0 aromatic rings. The zero-order valence-corrected chi connectivity index (χ0v) is 14.5. The van der Waals surface area contributed by atoms with Crippen LogP contribution in [0.25, 0.3) is 0 Å². The van der Waals surface area contributed by atoms with Crippen LogP contribution in [0.15, 0.2) is 0 Å². The van der Waals surface area contributed by atoms with Crippen molar-refractivity contribution in [1.82, 2.24) is 10.2 Å². The largest absolute Gasteiger partial charge is 0.314 e. The van der Waals surface area contributed by atoms with E-state index < -0.39 is 0 Å². The molecule has 2 saturated carbocycles. The predicted octanol–water partition coefficient (Wildman–Crippen LogP) is 3.91. The molecular weight excluding hydrogens is 256 g/mol. The average Bonchev–Trinajstić information content (AvgIpc) is 3.29. The summed E-state index contributed by atoms with van der Waals surface area (Å²) < 4.78 is 0. The molecule has 2 nitrogen and oxygen atoms in total.